The van der Waals surface area contributed by atoms with Gasteiger partial charge in [-0.1, -0.05) is 0 Å². The standard InChI is InChI=1S/C17H21N3O7S/c1-28(25,26)20(5-4-18-6-8-27-9-7-18)12-2-3-14-13(10-12)16(23)17(24)19(14)11-15(21)22/h2-3,10H,4-9,11H2,1H3,(H,21,22). The van der Waals surface area contributed by atoms with Crippen molar-refractivity contribution in [3.8, 4) is 0 Å². The van der Waals surface area contributed by atoms with Crippen LogP contribution in [0.15, 0.2) is 18.2 Å². The predicted octanol–water partition coefficient (Wildman–Crippen LogP) is -0.601. The maximum atomic E-state index is 12.3. The van der Waals surface area contributed by atoms with Crippen LogP contribution >= 0.6 is 0 Å². The zero-order valence-electron chi connectivity index (χ0n) is 15.3. The number of hydrogen-bond donors (Lipinski definition) is 1. The predicted molar refractivity (Wildman–Crippen MR) is 100 cm³/mol. The zero-order chi connectivity index (χ0) is 20.5. The molecule has 2 heterocycles. The second-order valence-electron chi connectivity index (χ2n) is 6.60. The number of fused-ring (bicyclic) bond motifs is 1. The summed E-state index contributed by atoms with van der Waals surface area (Å²) in [4.78, 5) is 38.2. The molecule has 0 saturated carbocycles. The summed E-state index contributed by atoms with van der Waals surface area (Å²) in [6.45, 7) is 2.63. The van der Waals surface area contributed by atoms with Gasteiger partial charge in [-0.3, -0.25) is 28.5 Å². The molecule has 28 heavy (non-hydrogen) atoms. The van der Waals surface area contributed by atoms with E-state index < -0.39 is 34.2 Å². The summed E-state index contributed by atoms with van der Waals surface area (Å²) in [5.41, 5.74) is 0.430. The Kier molecular flexibility index (Phi) is 5.68. The molecule has 1 N–H and O–H groups in total. The first-order chi connectivity index (χ1) is 13.2. The summed E-state index contributed by atoms with van der Waals surface area (Å²) in [5, 5.41) is 8.94. The van der Waals surface area contributed by atoms with E-state index in [1.807, 2.05) is 0 Å². The SMILES string of the molecule is CS(=O)(=O)N(CCN1CCOCC1)c1ccc2c(c1)C(=O)C(=O)N2CC(=O)O. The van der Waals surface area contributed by atoms with E-state index in [9.17, 15) is 22.8 Å². The Labute approximate surface area is 162 Å². The molecular weight excluding hydrogens is 390 g/mol. The number of anilines is 2. The number of ketones is 1. The first kappa shape index (κ1) is 20.2. The van der Waals surface area contributed by atoms with E-state index in [4.69, 9.17) is 9.84 Å². The van der Waals surface area contributed by atoms with Crippen molar-refractivity contribution in [1.29, 1.82) is 0 Å². The summed E-state index contributed by atoms with van der Waals surface area (Å²) in [6.07, 6.45) is 1.07. The third kappa shape index (κ3) is 4.16. The molecule has 0 radical (unpaired) electrons. The van der Waals surface area contributed by atoms with Gasteiger partial charge in [0.2, 0.25) is 10.0 Å². The quantitative estimate of drug-likeness (QED) is 0.590. The van der Waals surface area contributed by atoms with Crippen molar-refractivity contribution in [2.75, 3.05) is 61.4 Å². The fraction of sp³-hybridized carbons (Fsp3) is 0.471. The molecule has 0 spiro atoms. The minimum atomic E-state index is -3.63. The highest BCUT2D eigenvalue weighted by Gasteiger charge is 2.37. The molecule has 0 bridgehead atoms. The second-order valence-corrected chi connectivity index (χ2v) is 8.51. The maximum Gasteiger partial charge on any atom is 0.323 e. The van der Waals surface area contributed by atoms with Crippen molar-refractivity contribution in [2.45, 2.75) is 0 Å². The zero-order valence-corrected chi connectivity index (χ0v) is 16.1. The highest BCUT2D eigenvalue weighted by molar-refractivity contribution is 7.92. The van der Waals surface area contributed by atoms with Gasteiger partial charge in [0, 0.05) is 26.2 Å². The van der Waals surface area contributed by atoms with Crippen molar-refractivity contribution in [3.05, 3.63) is 23.8 Å². The Morgan fingerprint density at radius 1 is 1.25 bits per heavy atom. The molecule has 152 valence electrons. The number of morpholine rings is 1. The normalized spacial score (nSPS) is 17.7. The van der Waals surface area contributed by atoms with E-state index in [0.717, 1.165) is 11.2 Å². The minimum Gasteiger partial charge on any atom is -0.480 e. The van der Waals surface area contributed by atoms with Crippen LogP contribution in [-0.4, -0.2) is 88.3 Å². The molecule has 0 aliphatic carbocycles. The number of nitrogens with zero attached hydrogens (tertiary/aromatic N) is 3. The van der Waals surface area contributed by atoms with Crippen molar-refractivity contribution in [2.24, 2.45) is 0 Å². The Balaban J connectivity index is 1.87. The highest BCUT2D eigenvalue weighted by atomic mass is 32.2. The molecule has 10 nitrogen and oxygen atoms in total. The topological polar surface area (TPSA) is 125 Å². The van der Waals surface area contributed by atoms with Gasteiger partial charge in [0.05, 0.1) is 36.4 Å². The van der Waals surface area contributed by atoms with E-state index in [-0.39, 0.29) is 23.5 Å². The van der Waals surface area contributed by atoms with Crippen LogP contribution in [-0.2, 0) is 24.3 Å². The molecule has 2 aliphatic rings. The van der Waals surface area contributed by atoms with Crippen LogP contribution in [0.5, 0.6) is 0 Å². The number of carboxylic acids is 1. The Morgan fingerprint density at radius 3 is 2.54 bits per heavy atom. The van der Waals surface area contributed by atoms with Gasteiger partial charge in [0.1, 0.15) is 6.54 Å². The molecule has 1 saturated heterocycles. The molecular formula is C17H21N3O7S. The second kappa shape index (κ2) is 7.86. The van der Waals surface area contributed by atoms with E-state index in [1.165, 1.54) is 22.5 Å². The van der Waals surface area contributed by atoms with Crippen LogP contribution in [0.4, 0.5) is 11.4 Å². The van der Waals surface area contributed by atoms with Crippen LogP contribution in [0.25, 0.3) is 0 Å². The lowest BCUT2D eigenvalue weighted by atomic mass is 10.1. The molecule has 0 unspecified atom stereocenters. The molecule has 1 amide bonds. The summed E-state index contributed by atoms with van der Waals surface area (Å²) in [5.74, 6) is -3.03. The molecule has 2 aliphatic heterocycles. The minimum absolute atomic E-state index is 0.00349. The Morgan fingerprint density at radius 2 is 1.93 bits per heavy atom. The van der Waals surface area contributed by atoms with Crippen molar-refractivity contribution in [3.63, 3.8) is 0 Å². The number of rotatable bonds is 7. The van der Waals surface area contributed by atoms with Gasteiger partial charge in [-0.05, 0) is 18.2 Å². The van der Waals surface area contributed by atoms with Gasteiger partial charge in [-0.15, -0.1) is 0 Å². The largest absolute Gasteiger partial charge is 0.480 e. The third-order valence-corrected chi connectivity index (χ3v) is 5.85. The summed E-state index contributed by atoms with van der Waals surface area (Å²) in [7, 11) is -3.63. The number of sulfonamides is 1. The summed E-state index contributed by atoms with van der Waals surface area (Å²) >= 11 is 0. The van der Waals surface area contributed by atoms with Crippen LogP contribution in [0.3, 0.4) is 0 Å². The highest BCUT2D eigenvalue weighted by Crippen LogP contribution is 2.33. The Bertz CT molecular complexity index is 909. The number of carbonyl (C=O) groups excluding carboxylic acids is 2. The van der Waals surface area contributed by atoms with E-state index in [2.05, 4.69) is 4.90 Å². The fourth-order valence-corrected chi connectivity index (χ4v) is 4.19. The van der Waals surface area contributed by atoms with Crippen LogP contribution in [0.2, 0.25) is 0 Å². The van der Waals surface area contributed by atoms with Crippen LogP contribution in [0, 0.1) is 0 Å². The van der Waals surface area contributed by atoms with Crippen LogP contribution in [0.1, 0.15) is 10.4 Å². The first-order valence-electron chi connectivity index (χ1n) is 8.68. The number of carbonyl (C=O) groups is 3. The monoisotopic (exact) mass is 411 g/mol. The molecule has 0 aromatic heterocycles. The molecule has 1 aromatic carbocycles. The van der Waals surface area contributed by atoms with Gasteiger partial charge in [0.15, 0.2) is 0 Å². The average Bonchev–Trinajstić information content (AvgIpc) is 2.86. The van der Waals surface area contributed by atoms with Gasteiger partial charge >= 0.3 is 5.97 Å². The Hall–Kier alpha value is -2.50. The van der Waals surface area contributed by atoms with E-state index in [1.54, 1.807) is 0 Å². The number of Topliss-reactive ketones (excluding diaryl/α,β-unsaturated/α-hetero) is 1. The van der Waals surface area contributed by atoms with Crippen molar-refractivity contribution < 1.29 is 32.6 Å². The molecule has 11 heteroatoms. The number of hydrogen-bond acceptors (Lipinski definition) is 7. The lowest BCUT2D eigenvalue weighted by molar-refractivity contribution is -0.136. The number of amides is 1. The van der Waals surface area contributed by atoms with Gasteiger partial charge < -0.3 is 9.84 Å². The first-order valence-corrected chi connectivity index (χ1v) is 10.5. The van der Waals surface area contributed by atoms with Crippen molar-refractivity contribution in [1.82, 2.24) is 4.90 Å². The molecule has 1 fully saturated rings. The van der Waals surface area contributed by atoms with Gasteiger partial charge in [-0.2, -0.15) is 0 Å². The molecule has 3 rings (SSSR count). The lowest BCUT2D eigenvalue weighted by Gasteiger charge is -2.30. The molecule has 1 aromatic rings. The number of ether oxygens (including phenoxy) is 1. The summed E-state index contributed by atoms with van der Waals surface area (Å²) < 4.78 is 31.1. The number of aliphatic carboxylic acids is 1. The number of benzene rings is 1. The van der Waals surface area contributed by atoms with E-state index in [0.29, 0.717) is 32.8 Å². The van der Waals surface area contributed by atoms with Crippen molar-refractivity contribution >= 4 is 39.1 Å². The average molecular weight is 411 g/mol. The molecule has 0 atom stereocenters. The smallest absolute Gasteiger partial charge is 0.323 e. The van der Waals surface area contributed by atoms with Crippen LogP contribution < -0.4 is 9.21 Å². The van der Waals surface area contributed by atoms with Gasteiger partial charge in [0.25, 0.3) is 11.7 Å². The fourth-order valence-electron chi connectivity index (χ4n) is 3.28. The lowest BCUT2D eigenvalue weighted by Crippen LogP contribution is -2.43. The summed E-state index contributed by atoms with van der Waals surface area (Å²) in [6, 6.07) is 4.21. The third-order valence-electron chi connectivity index (χ3n) is 4.66. The van der Waals surface area contributed by atoms with Gasteiger partial charge in [-0.25, -0.2) is 8.42 Å². The van der Waals surface area contributed by atoms with E-state index >= 15 is 0 Å². The number of carboxylic acid groups (broad SMARTS) is 1. The maximum absolute atomic E-state index is 12.3.